The fraction of sp³-hybridized carbons (Fsp3) is 0.615. The third kappa shape index (κ3) is 6.03. The van der Waals surface area contributed by atoms with Crippen molar-refractivity contribution in [3.63, 3.8) is 0 Å². The van der Waals surface area contributed by atoms with Crippen LogP contribution in [-0.4, -0.2) is 36.2 Å². The van der Waals surface area contributed by atoms with E-state index in [9.17, 15) is 14.4 Å². The molecule has 6 heteroatoms. The molecule has 0 bridgehead atoms. The Labute approximate surface area is 112 Å². The van der Waals surface area contributed by atoms with Gasteiger partial charge >= 0.3 is 17.9 Å². The fourth-order valence-electron chi connectivity index (χ4n) is 1.24. The van der Waals surface area contributed by atoms with E-state index in [1.54, 1.807) is 6.92 Å². The van der Waals surface area contributed by atoms with Gasteiger partial charge in [0.15, 0.2) is 0 Å². The molecule has 0 spiro atoms. The van der Waals surface area contributed by atoms with Crippen molar-refractivity contribution in [2.75, 3.05) is 13.2 Å². The summed E-state index contributed by atoms with van der Waals surface area (Å²) in [6, 6.07) is 0. The molecular formula is C13H20O6. The van der Waals surface area contributed by atoms with Crippen LogP contribution in [0.4, 0.5) is 0 Å². The summed E-state index contributed by atoms with van der Waals surface area (Å²) >= 11 is 0. The van der Waals surface area contributed by atoms with E-state index in [1.165, 1.54) is 13.8 Å². The van der Waals surface area contributed by atoms with Gasteiger partial charge < -0.3 is 14.6 Å². The maximum Gasteiger partial charge on any atom is 0.333 e. The molecule has 0 rings (SSSR count). The quantitative estimate of drug-likeness (QED) is 0.409. The summed E-state index contributed by atoms with van der Waals surface area (Å²) in [6.07, 6.45) is 0.0531. The summed E-state index contributed by atoms with van der Waals surface area (Å²) < 4.78 is 9.67. The van der Waals surface area contributed by atoms with Crippen molar-refractivity contribution in [2.45, 2.75) is 33.6 Å². The van der Waals surface area contributed by atoms with E-state index in [2.05, 4.69) is 6.58 Å². The van der Waals surface area contributed by atoms with Gasteiger partial charge in [-0.1, -0.05) is 13.5 Å². The predicted octanol–water partition coefficient (Wildman–Crippen LogP) is 1.54. The number of carbonyl (C=O) groups excluding carboxylic acids is 2. The molecular weight excluding hydrogens is 252 g/mol. The van der Waals surface area contributed by atoms with Crippen LogP contribution in [0.2, 0.25) is 0 Å². The van der Waals surface area contributed by atoms with E-state index in [1.807, 2.05) is 0 Å². The summed E-state index contributed by atoms with van der Waals surface area (Å²) in [6.45, 7) is 7.98. The smallest absolute Gasteiger partial charge is 0.333 e. The molecule has 0 aromatic rings. The molecule has 0 aliphatic rings. The zero-order valence-electron chi connectivity index (χ0n) is 11.5. The molecule has 0 aliphatic carbocycles. The molecule has 0 saturated carbocycles. The van der Waals surface area contributed by atoms with Crippen LogP contribution in [0.15, 0.2) is 12.2 Å². The lowest BCUT2D eigenvalue weighted by Gasteiger charge is -2.23. The zero-order chi connectivity index (χ0) is 15.1. The largest absolute Gasteiger partial charge is 0.481 e. The highest BCUT2D eigenvalue weighted by atomic mass is 16.6. The molecule has 0 fully saturated rings. The Morgan fingerprint density at radius 1 is 1.21 bits per heavy atom. The van der Waals surface area contributed by atoms with Gasteiger partial charge in [-0.2, -0.15) is 0 Å². The fourth-order valence-corrected chi connectivity index (χ4v) is 1.24. The molecule has 0 amide bonds. The predicted molar refractivity (Wildman–Crippen MR) is 67.4 cm³/mol. The second kappa shape index (κ2) is 7.56. The van der Waals surface area contributed by atoms with Gasteiger partial charge in [-0.25, -0.2) is 4.79 Å². The number of hydrogen-bond donors (Lipinski definition) is 1. The summed E-state index contributed by atoms with van der Waals surface area (Å²) in [4.78, 5) is 33.5. The lowest BCUT2D eigenvalue weighted by atomic mass is 9.84. The number of carboxylic acids is 1. The first-order valence-electron chi connectivity index (χ1n) is 5.94. The Hall–Kier alpha value is -1.85. The minimum absolute atomic E-state index is 0.0791. The van der Waals surface area contributed by atoms with Gasteiger partial charge in [-0.3, -0.25) is 9.59 Å². The lowest BCUT2D eigenvalue weighted by Crippen LogP contribution is -2.32. The second-order valence-corrected chi connectivity index (χ2v) is 4.54. The molecule has 108 valence electrons. The maximum absolute atomic E-state index is 11.8. The van der Waals surface area contributed by atoms with E-state index >= 15 is 0 Å². The Morgan fingerprint density at radius 2 is 1.74 bits per heavy atom. The minimum atomic E-state index is -1.07. The molecule has 0 heterocycles. The molecule has 19 heavy (non-hydrogen) atoms. The highest BCUT2D eigenvalue weighted by Crippen LogP contribution is 2.27. The molecule has 0 aliphatic heterocycles. The third-order valence-electron chi connectivity index (χ3n) is 2.71. The van der Waals surface area contributed by atoms with Gasteiger partial charge in [0.05, 0.1) is 11.8 Å². The van der Waals surface area contributed by atoms with E-state index < -0.39 is 23.3 Å². The van der Waals surface area contributed by atoms with E-state index in [-0.39, 0.29) is 25.2 Å². The first kappa shape index (κ1) is 17.2. The van der Waals surface area contributed by atoms with Crippen molar-refractivity contribution in [2.24, 2.45) is 5.41 Å². The molecule has 1 unspecified atom stereocenters. The van der Waals surface area contributed by atoms with Crippen LogP contribution in [0.5, 0.6) is 0 Å². The Morgan fingerprint density at radius 3 is 2.16 bits per heavy atom. The number of esters is 2. The number of rotatable bonds is 8. The number of carbonyl (C=O) groups is 3. The second-order valence-electron chi connectivity index (χ2n) is 4.54. The molecule has 0 saturated heterocycles. The van der Waals surface area contributed by atoms with Crippen LogP contribution in [0.3, 0.4) is 0 Å². The van der Waals surface area contributed by atoms with Crippen molar-refractivity contribution >= 4 is 17.9 Å². The normalized spacial score (nSPS) is 13.2. The van der Waals surface area contributed by atoms with Gasteiger partial charge in [0.2, 0.25) is 0 Å². The maximum atomic E-state index is 11.8. The third-order valence-corrected chi connectivity index (χ3v) is 2.71. The van der Waals surface area contributed by atoms with Gasteiger partial charge in [0, 0.05) is 5.57 Å². The number of aliphatic carboxylic acids is 1. The summed E-state index contributed by atoms with van der Waals surface area (Å²) in [5.74, 6) is -2.22. The monoisotopic (exact) mass is 272 g/mol. The Balaban J connectivity index is 4.18. The van der Waals surface area contributed by atoms with Crippen molar-refractivity contribution in [3.8, 4) is 0 Å². The van der Waals surface area contributed by atoms with Crippen molar-refractivity contribution in [3.05, 3.63) is 12.2 Å². The van der Waals surface area contributed by atoms with Crippen molar-refractivity contribution < 1.29 is 29.0 Å². The van der Waals surface area contributed by atoms with E-state index in [0.29, 0.717) is 6.42 Å². The van der Waals surface area contributed by atoms with Crippen LogP contribution in [0, 0.1) is 5.41 Å². The topological polar surface area (TPSA) is 89.9 Å². The first-order valence-corrected chi connectivity index (χ1v) is 5.94. The molecule has 0 aromatic heterocycles. The van der Waals surface area contributed by atoms with Gasteiger partial charge in [-0.15, -0.1) is 0 Å². The van der Waals surface area contributed by atoms with Crippen LogP contribution >= 0.6 is 0 Å². The van der Waals surface area contributed by atoms with Gasteiger partial charge in [0.1, 0.15) is 13.2 Å². The van der Waals surface area contributed by atoms with Crippen LogP contribution in [-0.2, 0) is 23.9 Å². The molecule has 1 N–H and O–H groups in total. The Bertz CT molecular complexity index is 373. The number of ether oxygens (including phenoxy) is 2. The number of hydrogen-bond acceptors (Lipinski definition) is 5. The number of carboxylic acid groups (broad SMARTS) is 1. The molecule has 1 atom stereocenters. The van der Waals surface area contributed by atoms with E-state index in [0.717, 1.165) is 0 Å². The molecule has 0 radical (unpaired) electrons. The average molecular weight is 272 g/mol. The summed E-state index contributed by atoms with van der Waals surface area (Å²) in [7, 11) is 0. The molecule has 6 nitrogen and oxygen atoms in total. The highest BCUT2D eigenvalue weighted by Gasteiger charge is 2.35. The van der Waals surface area contributed by atoms with Crippen molar-refractivity contribution in [1.82, 2.24) is 0 Å². The molecule has 0 aromatic carbocycles. The Kier molecular flexibility index (Phi) is 6.82. The minimum Gasteiger partial charge on any atom is -0.481 e. The first-order chi connectivity index (χ1) is 8.73. The average Bonchev–Trinajstić information content (AvgIpc) is 2.32. The summed E-state index contributed by atoms with van der Waals surface area (Å²) in [5, 5.41) is 8.75. The lowest BCUT2D eigenvalue weighted by molar-refractivity contribution is -0.162. The highest BCUT2D eigenvalue weighted by molar-refractivity contribution is 5.87. The van der Waals surface area contributed by atoms with Gasteiger partial charge in [0.25, 0.3) is 0 Å². The van der Waals surface area contributed by atoms with E-state index in [4.69, 9.17) is 14.6 Å². The van der Waals surface area contributed by atoms with Crippen molar-refractivity contribution in [1.29, 1.82) is 0 Å². The SMILES string of the molecule is C=C(C)C(=O)OCCOC(=O)C(C)(CC)CC(=O)O. The van der Waals surface area contributed by atoms with Crippen LogP contribution in [0.1, 0.15) is 33.6 Å². The van der Waals surface area contributed by atoms with Crippen LogP contribution < -0.4 is 0 Å². The van der Waals surface area contributed by atoms with Crippen LogP contribution in [0.25, 0.3) is 0 Å². The zero-order valence-corrected chi connectivity index (χ0v) is 11.5. The summed E-state index contributed by atoms with van der Waals surface area (Å²) in [5.41, 5.74) is -0.805. The standard InChI is InChI=1S/C13H20O6/c1-5-13(4,8-10(14)15)12(17)19-7-6-18-11(16)9(2)3/h2,5-8H2,1,3-4H3,(H,14,15). The van der Waals surface area contributed by atoms with Gasteiger partial charge in [-0.05, 0) is 20.3 Å².